The van der Waals surface area contributed by atoms with E-state index in [0.717, 1.165) is 3.79 Å². The van der Waals surface area contributed by atoms with E-state index in [1.165, 1.54) is 23.5 Å². The fraction of sp³-hybridized carbons (Fsp3) is 0.167. The number of hydrogen-bond acceptors (Lipinski definition) is 5. The first kappa shape index (κ1) is 15.3. The molecule has 0 amide bonds. The number of halogens is 1. The highest BCUT2D eigenvalue weighted by atomic mass is 79.9. The minimum atomic E-state index is -3.62. The molecular formula is C12H13BrN2O3S2. The van der Waals surface area contributed by atoms with Crippen LogP contribution in [0.15, 0.2) is 32.9 Å². The van der Waals surface area contributed by atoms with Crippen LogP contribution >= 0.6 is 27.3 Å². The number of aryl methyl sites for hydroxylation is 1. The number of benzene rings is 1. The van der Waals surface area contributed by atoms with Gasteiger partial charge in [0.2, 0.25) is 10.0 Å². The Morgan fingerprint density at radius 1 is 1.40 bits per heavy atom. The lowest BCUT2D eigenvalue weighted by Crippen LogP contribution is -2.23. The molecule has 2 rings (SSSR count). The molecule has 0 spiro atoms. The van der Waals surface area contributed by atoms with Gasteiger partial charge in [-0.15, -0.1) is 11.3 Å². The molecule has 0 radical (unpaired) electrons. The molecule has 1 aromatic carbocycles. The molecule has 108 valence electrons. The highest BCUT2D eigenvalue weighted by Crippen LogP contribution is 2.29. The maximum absolute atomic E-state index is 12.2. The van der Waals surface area contributed by atoms with Gasteiger partial charge in [-0.2, -0.15) is 0 Å². The van der Waals surface area contributed by atoms with E-state index in [1.54, 1.807) is 19.1 Å². The van der Waals surface area contributed by atoms with Crippen LogP contribution in [0.3, 0.4) is 0 Å². The lowest BCUT2D eigenvalue weighted by molar-refractivity contribution is 0.467. The van der Waals surface area contributed by atoms with Crippen molar-refractivity contribution in [3.63, 3.8) is 0 Å². The molecule has 5 nitrogen and oxygen atoms in total. The van der Waals surface area contributed by atoms with Crippen LogP contribution in [0, 0.1) is 6.92 Å². The van der Waals surface area contributed by atoms with E-state index in [-0.39, 0.29) is 17.2 Å². The molecule has 0 aliphatic carbocycles. The van der Waals surface area contributed by atoms with Gasteiger partial charge < -0.3 is 10.8 Å². The van der Waals surface area contributed by atoms with Crippen LogP contribution in [0.4, 0.5) is 5.69 Å². The van der Waals surface area contributed by atoms with Crippen LogP contribution in [0.25, 0.3) is 0 Å². The molecule has 1 heterocycles. The van der Waals surface area contributed by atoms with E-state index in [2.05, 4.69) is 20.7 Å². The monoisotopic (exact) mass is 376 g/mol. The average Bonchev–Trinajstić information content (AvgIpc) is 2.70. The minimum absolute atomic E-state index is 0.00474. The van der Waals surface area contributed by atoms with Crippen molar-refractivity contribution in [2.45, 2.75) is 18.4 Å². The number of phenolic OH excluding ortho intramolecular Hbond substituents is 1. The summed E-state index contributed by atoms with van der Waals surface area (Å²) in [4.78, 5) is 0.930. The standard InChI is InChI=1S/C12H13BrN2O3S2/c1-7-11(5-12(13)19-7)20(17,18)15-6-8-4-9(14)2-3-10(8)16/h2-5,15-16H,6,14H2,1H3. The average molecular weight is 377 g/mol. The third kappa shape index (κ3) is 3.32. The third-order valence-corrected chi connectivity index (χ3v) is 5.90. The van der Waals surface area contributed by atoms with Crippen LogP contribution in [0.2, 0.25) is 0 Å². The number of thiophene rings is 1. The van der Waals surface area contributed by atoms with Crippen molar-refractivity contribution in [2.75, 3.05) is 5.73 Å². The van der Waals surface area contributed by atoms with Gasteiger partial charge in [0, 0.05) is 22.7 Å². The molecule has 8 heteroatoms. The zero-order chi connectivity index (χ0) is 14.9. The van der Waals surface area contributed by atoms with Gasteiger partial charge in [-0.25, -0.2) is 13.1 Å². The molecule has 0 fully saturated rings. The van der Waals surface area contributed by atoms with Gasteiger partial charge in [0.1, 0.15) is 5.75 Å². The quantitative estimate of drug-likeness (QED) is 0.564. The van der Waals surface area contributed by atoms with E-state index in [0.29, 0.717) is 16.1 Å². The summed E-state index contributed by atoms with van der Waals surface area (Å²) in [6.45, 7) is 1.72. The van der Waals surface area contributed by atoms with Gasteiger partial charge in [0.15, 0.2) is 0 Å². The van der Waals surface area contributed by atoms with E-state index in [1.807, 2.05) is 0 Å². The fourth-order valence-electron chi connectivity index (χ4n) is 1.70. The van der Waals surface area contributed by atoms with Crippen molar-refractivity contribution in [2.24, 2.45) is 0 Å². The van der Waals surface area contributed by atoms with Crippen molar-refractivity contribution in [3.05, 3.63) is 38.5 Å². The summed E-state index contributed by atoms with van der Waals surface area (Å²) in [5.41, 5.74) is 6.51. The van der Waals surface area contributed by atoms with Crippen molar-refractivity contribution in [3.8, 4) is 5.75 Å². The number of sulfonamides is 1. The van der Waals surface area contributed by atoms with Gasteiger partial charge in [0.25, 0.3) is 0 Å². The Bertz CT molecular complexity index is 741. The number of rotatable bonds is 4. The molecule has 0 aliphatic rings. The second-order valence-corrected chi connectivity index (χ2v) is 8.55. The molecule has 0 saturated heterocycles. The minimum Gasteiger partial charge on any atom is -0.508 e. The van der Waals surface area contributed by atoms with Crippen LogP contribution < -0.4 is 10.5 Å². The summed E-state index contributed by atoms with van der Waals surface area (Å²) in [6.07, 6.45) is 0. The van der Waals surface area contributed by atoms with Crippen LogP contribution in [-0.4, -0.2) is 13.5 Å². The van der Waals surface area contributed by atoms with Crippen molar-refractivity contribution >= 4 is 43.0 Å². The molecule has 20 heavy (non-hydrogen) atoms. The number of nitrogens with one attached hydrogen (secondary N) is 1. The van der Waals surface area contributed by atoms with Gasteiger partial charge in [-0.1, -0.05) is 0 Å². The zero-order valence-corrected chi connectivity index (χ0v) is 13.8. The summed E-state index contributed by atoms with van der Waals surface area (Å²) in [6, 6.07) is 6.08. The van der Waals surface area contributed by atoms with Crippen LogP contribution in [0.5, 0.6) is 5.75 Å². The molecule has 0 atom stereocenters. The molecule has 0 bridgehead atoms. The number of hydrogen-bond donors (Lipinski definition) is 3. The van der Waals surface area contributed by atoms with E-state index >= 15 is 0 Å². The first-order chi connectivity index (χ1) is 9.29. The zero-order valence-electron chi connectivity index (χ0n) is 10.6. The van der Waals surface area contributed by atoms with Gasteiger partial charge in [-0.3, -0.25) is 0 Å². The summed E-state index contributed by atoms with van der Waals surface area (Å²) in [7, 11) is -3.62. The smallest absolute Gasteiger partial charge is 0.242 e. The van der Waals surface area contributed by atoms with Crippen LogP contribution in [0.1, 0.15) is 10.4 Å². The van der Waals surface area contributed by atoms with Crippen molar-refractivity contribution in [1.82, 2.24) is 4.72 Å². The van der Waals surface area contributed by atoms with E-state index < -0.39 is 10.0 Å². The summed E-state index contributed by atoms with van der Waals surface area (Å²) >= 11 is 4.61. The lowest BCUT2D eigenvalue weighted by atomic mass is 10.2. The van der Waals surface area contributed by atoms with E-state index in [9.17, 15) is 13.5 Å². The van der Waals surface area contributed by atoms with Gasteiger partial charge in [0.05, 0.1) is 8.68 Å². The maximum Gasteiger partial charge on any atom is 0.242 e. The Kier molecular flexibility index (Phi) is 4.38. The first-order valence-electron chi connectivity index (χ1n) is 5.62. The molecule has 0 unspecified atom stereocenters. The molecule has 4 N–H and O–H groups in total. The Hall–Kier alpha value is -1.09. The SMILES string of the molecule is Cc1sc(Br)cc1S(=O)(=O)NCc1cc(N)ccc1O. The number of aromatic hydroxyl groups is 1. The highest BCUT2D eigenvalue weighted by molar-refractivity contribution is 9.11. The number of anilines is 1. The third-order valence-electron chi connectivity index (χ3n) is 2.69. The van der Waals surface area contributed by atoms with Gasteiger partial charge >= 0.3 is 0 Å². The van der Waals surface area contributed by atoms with Crippen molar-refractivity contribution in [1.29, 1.82) is 0 Å². The highest BCUT2D eigenvalue weighted by Gasteiger charge is 2.19. The second kappa shape index (κ2) is 5.72. The summed E-state index contributed by atoms with van der Waals surface area (Å²) < 4.78 is 27.6. The summed E-state index contributed by atoms with van der Waals surface area (Å²) in [5.74, 6) is 0.00474. The predicted molar refractivity (Wildman–Crippen MR) is 83.3 cm³/mol. The maximum atomic E-state index is 12.2. The number of phenols is 1. The van der Waals surface area contributed by atoms with Crippen molar-refractivity contribution < 1.29 is 13.5 Å². The van der Waals surface area contributed by atoms with Crippen LogP contribution in [-0.2, 0) is 16.6 Å². The molecule has 0 saturated carbocycles. The Balaban J connectivity index is 2.21. The Labute approximate surface area is 129 Å². The Morgan fingerprint density at radius 3 is 2.70 bits per heavy atom. The molecule has 2 aromatic rings. The van der Waals surface area contributed by atoms with E-state index in [4.69, 9.17) is 5.73 Å². The first-order valence-corrected chi connectivity index (χ1v) is 8.72. The Morgan fingerprint density at radius 2 is 2.10 bits per heavy atom. The fourth-order valence-corrected chi connectivity index (χ4v) is 5.11. The number of nitrogens with two attached hydrogens (primary N) is 1. The van der Waals surface area contributed by atoms with Gasteiger partial charge in [-0.05, 0) is 47.1 Å². The normalized spacial score (nSPS) is 11.7. The summed E-state index contributed by atoms with van der Waals surface area (Å²) in [5, 5.41) is 9.67. The second-order valence-electron chi connectivity index (χ2n) is 4.18. The lowest BCUT2D eigenvalue weighted by Gasteiger charge is -2.08. The largest absolute Gasteiger partial charge is 0.508 e. The predicted octanol–water partition coefficient (Wildman–Crippen LogP) is 2.59. The molecular weight excluding hydrogens is 364 g/mol. The topological polar surface area (TPSA) is 92.4 Å². The molecule has 1 aromatic heterocycles. The number of nitrogen functional groups attached to an aromatic ring is 1. The molecule has 0 aliphatic heterocycles.